The molecule has 1 N–H and O–H groups in total. The Morgan fingerprint density at radius 1 is 0.920 bits per heavy atom. The Morgan fingerprint density at radius 2 is 1.44 bits per heavy atom. The van der Waals surface area contributed by atoms with Crippen molar-refractivity contribution < 1.29 is 23.4 Å². The predicted molar refractivity (Wildman–Crippen MR) is 93.6 cm³/mol. The molecule has 0 aromatic heterocycles. The van der Waals surface area contributed by atoms with Crippen molar-refractivity contribution in [3.8, 4) is 11.5 Å². The van der Waals surface area contributed by atoms with Gasteiger partial charge >= 0.3 is 0 Å². The van der Waals surface area contributed by atoms with E-state index >= 15 is 0 Å². The normalized spacial score (nSPS) is 11.7. The molecule has 0 bridgehead atoms. The fourth-order valence-corrected chi connectivity index (χ4v) is 2.20. The number of hydrogen-bond donors (Lipinski definition) is 1. The maximum absolute atomic E-state index is 14.6. The SMILES string of the molecule is OCCCOc1ccc(C(F)(F)c2ccc(OC/C=C/Cl)cc2)cc1. The van der Waals surface area contributed by atoms with Crippen molar-refractivity contribution in [3.63, 3.8) is 0 Å². The summed E-state index contributed by atoms with van der Waals surface area (Å²) in [4.78, 5) is 0. The van der Waals surface area contributed by atoms with E-state index in [1.54, 1.807) is 6.08 Å². The summed E-state index contributed by atoms with van der Waals surface area (Å²) in [6, 6.07) is 11.3. The molecular formula is C19H19ClF2O3. The molecule has 0 amide bonds. The second kappa shape index (κ2) is 9.39. The third-order valence-electron chi connectivity index (χ3n) is 3.44. The molecule has 0 spiro atoms. The molecule has 0 radical (unpaired) electrons. The van der Waals surface area contributed by atoms with Gasteiger partial charge < -0.3 is 14.6 Å². The van der Waals surface area contributed by atoms with Crippen LogP contribution in [0, 0.1) is 0 Å². The fourth-order valence-electron chi connectivity index (χ4n) is 2.12. The third-order valence-corrected chi connectivity index (χ3v) is 3.62. The number of rotatable bonds is 9. The number of alkyl halides is 2. The Balaban J connectivity index is 2.06. The summed E-state index contributed by atoms with van der Waals surface area (Å²) in [6.07, 6.45) is 2.10. The zero-order valence-electron chi connectivity index (χ0n) is 13.5. The van der Waals surface area contributed by atoms with Crippen LogP contribution in [0.4, 0.5) is 8.78 Å². The quantitative estimate of drug-likeness (QED) is 0.651. The molecule has 0 atom stereocenters. The van der Waals surface area contributed by atoms with Crippen molar-refractivity contribution in [2.45, 2.75) is 12.3 Å². The van der Waals surface area contributed by atoms with Gasteiger partial charge in [0.2, 0.25) is 0 Å². The van der Waals surface area contributed by atoms with Gasteiger partial charge in [-0.2, -0.15) is 8.78 Å². The highest BCUT2D eigenvalue weighted by atomic mass is 35.5. The van der Waals surface area contributed by atoms with Gasteiger partial charge in [-0.1, -0.05) is 11.6 Å². The third kappa shape index (κ3) is 5.44. The number of aliphatic hydroxyl groups excluding tert-OH is 1. The average molecular weight is 369 g/mol. The predicted octanol–water partition coefficient (Wildman–Crippen LogP) is 4.72. The Morgan fingerprint density at radius 3 is 1.92 bits per heavy atom. The van der Waals surface area contributed by atoms with Crippen LogP contribution in [-0.4, -0.2) is 24.9 Å². The number of ether oxygens (including phenoxy) is 2. The first-order chi connectivity index (χ1) is 12.1. The Hall–Kier alpha value is -2.11. The zero-order valence-corrected chi connectivity index (χ0v) is 14.3. The van der Waals surface area contributed by atoms with Crippen LogP contribution in [0.25, 0.3) is 0 Å². The first-order valence-corrected chi connectivity index (χ1v) is 8.22. The highest BCUT2D eigenvalue weighted by Gasteiger charge is 2.33. The molecule has 0 saturated carbocycles. The molecule has 3 nitrogen and oxygen atoms in total. The minimum absolute atomic E-state index is 0.0258. The van der Waals surface area contributed by atoms with Crippen molar-refractivity contribution >= 4 is 11.6 Å². The van der Waals surface area contributed by atoms with Gasteiger partial charge in [0.25, 0.3) is 5.92 Å². The van der Waals surface area contributed by atoms with Crippen molar-refractivity contribution in [1.82, 2.24) is 0 Å². The van der Waals surface area contributed by atoms with Crippen LogP contribution in [0.1, 0.15) is 17.5 Å². The van der Waals surface area contributed by atoms with Gasteiger partial charge in [-0.25, -0.2) is 0 Å². The Kier molecular flexibility index (Phi) is 7.22. The van der Waals surface area contributed by atoms with Crippen LogP contribution in [-0.2, 0) is 5.92 Å². The largest absolute Gasteiger partial charge is 0.494 e. The molecule has 0 heterocycles. The second-order valence-electron chi connectivity index (χ2n) is 5.22. The maximum atomic E-state index is 14.6. The van der Waals surface area contributed by atoms with E-state index in [9.17, 15) is 8.78 Å². The molecule has 6 heteroatoms. The van der Waals surface area contributed by atoms with Crippen LogP contribution in [0.2, 0.25) is 0 Å². The summed E-state index contributed by atoms with van der Waals surface area (Å²) < 4.78 is 39.9. The fraction of sp³-hybridized carbons (Fsp3) is 0.263. The molecule has 0 saturated heterocycles. The molecule has 0 aliphatic rings. The summed E-state index contributed by atoms with van der Waals surface area (Å²) >= 11 is 5.39. The summed E-state index contributed by atoms with van der Waals surface area (Å²) in [5.74, 6) is -2.15. The van der Waals surface area contributed by atoms with Crippen molar-refractivity contribution in [2.75, 3.05) is 19.8 Å². The van der Waals surface area contributed by atoms with Crippen LogP contribution in [0.5, 0.6) is 11.5 Å². The van der Waals surface area contributed by atoms with Crippen LogP contribution < -0.4 is 9.47 Å². The van der Waals surface area contributed by atoms with E-state index in [2.05, 4.69) is 0 Å². The van der Waals surface area contributed by atoms with E-state index in [1.807, 2.05) is 0 Å². The van der Waals surface area contributed by atoms with E-state index in [1.165, 1.54) is 54.1 Å². The van der Waals surface area contributed by atoms with Gasteiger partial charge in [0.05, 0.1) is 6.61 Å². The maximum Gasteiger partial charge on any atom is 0.298 e. The lowest BCUT2D eigenvalue weighted by molar-refractivity contribution is 0.0427. The van der Waals surface area contributed by atoms with Crippen LogP contribution >= 0.6 is 11.6 Å². The first-order valence-electron chi connectivity index (χ1n) is 7.78. The molecule has 2 aromatic rings. The minimum Gasteiger partial charge on any atom is -0.494 e. The molecule has 0 aliphatic heterocycles. The van der Waals surface area contributed by atoms with Crippen molar-refractivity contribution in [3.05, 3.63) is 71.3 Å². The summed E-state index contributed by atoms with van der Waals surface area (Å²) in [7, 11) is 0. The molecule has 0 unspecified atom stereocenters. The Labute approximate surface area is 150 Å². The monoisotopic (exact) mass is 368 g/mol. The van der Waals surface area contributed by atoms with Crippen molar-refractivity contribution in [1.29, 1.82) is 0 Å². The number of benzene rings is 2. The van der Waals surface area contributed by atoms with Gasteiger partial charge in [0.1, 0.15) is 18.1 Å². The highest BCUT2D eigenvalue weighted by Crippen LogP contribution is 2.36. The van der Waals surface area contributed by atoms with Gasteiger partial charge in [-0.05, 0) is 54.6 Å². The van der Waals surface area contributed by atoms with Crippen LogP contribution in [0.3, 0.4) is 0 Å². The van der Waals surface area contributed by atoms with Gasteiger partial charge in [0.15, 0.2) is 0 Å². The van der Waals surface area contributed by atoms with Crippen LogP contribution in [0.15, 0.2) is 60.1 Å². The lowest BCUT2D eigenvalue weighted by Crippen LogP contribution is -2.15. The molecular weight excluding hydrogens is 350 g/mol. The highest BCUT2D eigenvalue weighted by molar-refractivity contribution is 6.25. The zero-order chi connectivity index (χ0) is 18.1. The Bertz CT molecular complexity index is 670. The lowest BCUT2D eigenvalue weighted by Gasteiger charge is -2.18. The summed E-state index contributed by atoms with van der Waals surface area (Å²) in [6.45, 7) is 0.640. The second-order valence-corrected chi connectivity index (χ2v) is 5.47. The number of aliphatic hydroxyl groups is 1. The first kappa shape index (κ1) is 19.2. The smallest absolute Gasteiger partial charge is 0.298 e. The standard InChI is InChI=1S/C19H19ClF2O3/c20-11-1-13-24-17-7-3-15(4-8-17)19(21,22)16-5-9-18(10-6-16)25-14-2-12-23/h1,3-11,23H,2,12-14H2/b11-1+. The molecule has 134 valence electrons. The number of halogens is 3. The lowest BCUT2D eigenvalue weighted by atomic mass is 10.0. The van der Waals surface area contributed by atoms with Gasteiger partial charge in [-0.15, -0.1) is 0 Å². The van der Waals surface area contributed by atoms with E-state index in [-0.39, 0.29) is 24.3 Å². The average Bonchev–Trinajstić information content (AvgIpc) is 2.63. The van der Waals surface area contributed by atoms with Gasteiger partial charge in [0, 0.05) is 29.7 Å². The number of hydrogen-bond acceptors (Lipinski definition) is 3. The molecule has 2 aromatic carbocycles. The minimum atomic E-state index is -3.13. The molecule has 0 fully saturated rings. The molecule has 25 heavy (non-hydrogen) atoms. The molecule has 2 rings (SSSR count). The molecule has 0 aliphatic carbocycles. The summed E-state index contributed by atoms with van der Waals surface area (Å²) in [5.41, 5.74) is 1.09. The van der Waals surface area contributed by atoms with E-state index in [0.717, 1.165) is 0 Å². The van der Waals surface area contributed by atoms with E-state index in [4.69, 9.17) is 26.2 Å². The van der Waals surface area contributed by atoms with Crippen molar-refractivity contribution in [2.24, 2.45) is 0 Å². The van der Waals surface area contributed by atoms with E-state index < -0.39 is 5.92 Å². The van der Waals surface area contributed by atoms with E-state index in [0.29, 0.717) is 24.5 Å². The summed E-state index contributed by atoms with van der Waals surface area (Å²) in [5, 5.41) is 8.70. The topological polar surface area (TPSA) is 38.7 Å². The van der Waals surface area contributed by atoms with Gasteiger partial charge in [-0.3, -0.25) is 0 Å².